The fourth-order valence-electron chi connectivity index (χ4n) is 15.3. The molecule has 2 aromatic heterocycles. The molecule has 3 heterocycles. The maximum absolute atomic E-state index is 8.13. The molecule has 3 aliphatic rings. The van der Waals surface area contributed by atoms with Crippen LogP contribution in [0.4, 0.5) is 22.7 Å². The maximum atomic E-state index is 8.13. The van der Waals surface area contributed by atoms with Crippen LogP contribution in [0, 0.1) is 25.7 Å². The average molecular weight is 1430 g/mol. The summed E-state index contributed by atoms with van der Waals surface area (Å²) in [7, 11) is 0. The van der Waals surface area contributed by atoms with Crippen molar-refractivity contribution in [3.8, 4) is 73.0 Å². The number of ether oxygens (including phenoxy) is 1. The molecule has 0 atom stereocenters. The summed E-state index contributed by atoms with van der Waals surface area (Å²) in [4.78, 5) is 10.1. The van der Waals surface area contributed by atoms with Gasteiger partial charge in [0.25, 0.3) is 0 Å². The van der Waals surface area contributed by atoms with Crippen LogP contribution >= 0.6 is 0 Å². The number of hydrogen-bond acceptors (Lipinski definition) is 4. The van der Waals surface area contributed by atoms with Crippen LogP contribution in [0.15, 0.2) is 237 Å². The Hall–Kier alpha value is -9.54. The molecule has 0 fully saturated rings. The van der Waals surface area contributed by atoms with Crippen LogP contribution in [0.2, 0.25) is 0 Å². The molecular formula is C90H79N4OPt-3. The molecule has 0 bridgehead atoms. The normalized spacial score (nSPS) is 14.4. The van der Waals surface area contributed by atoms with Crippen molar-refractivity contribution in [3.05, 3.63) is 306 Å². The van der Waals surface area contributed by atoms with Crippen LogP contribution in [0.25, 0.3) is 83.3 Å². The van der Waals surface area contributed by atoms with Crippen molar-refractivity contribution in [2.45, 2.75) is 117 Å². The van der Waals surface area contributed by atoms with Gasteiger partial charge in [-0.25, -0.2) is 4.98 Å². The number of anilines is 4. The van der Waals surface area contributed by atoms with E-state index in [2.05, 4.69) is 316 Å². The molecule has 11 aromatic carbocycles. The largest absolute Gasteiger partial charge is 0.509 e. The van der Waals surface area contributed by atoms with Crippen molar-refractivity contribution in [3.63, 3.8) is 0 Å². The van der Waals surface area contributed by atoms with Gasteiger partial charge in [0.05, 0.1) is 5.41 Å². The zero-order valence-electron chi connectivity index (χ0n) is 59.6. The van der Waals surface area contributed by atoms with Gasteiger partial charge in [-0.05, 0) is 137 Å². The molecule has 0 amide bonds. The molecule has 96 heavy (non-hydrogen) atoms. The first-order valence-electron chi connectivity index (χ1n) is 34.8. The van der Waals surface area contributed by atoms with Crippen LogP contribution in [0.3, 0.4) is 0 Å². The first kappa shape index (κ1) is 59.0. The number of benzene rings is 11. The standard InChI is InChI=1S/C90H79N4O.Pt/c1-56-42-44-58(45-43-56)71-54-91-81(52-75(71)89(11,12)13)94-76-39-24-20-35-68(76)82-79(94)53-80(83-67-34-19-23-38-74(67)90(84(82)83)72-36-21-17-32-65(72)66-33-18-22-37-73(66)90)95-64-31-27-30-63(51-64)92-55-93(78-41-26-25-40-77(78)92)85-69(57-28-15-14-16-29-57)49-62(88(8,9)10)50-70(85)59-46-60(86(2,3)4)48-61(47-59)87(5,6)7;/h14-50,52,54-55H,1-13H3;/q-3;/i1D3;. The first-order chi connectivity index (χ1) is 46.8. The summed E-state index contributed by atoms with van der Waals surface area (Å²) < 4.78 is 34.3. The molecule has 13 aromatic rings. The number of para-hydroxylation sites is 3. The predicted molar refractivity (Wildman–Crippen MR) is 396 cm³/mol. The first-order valence-corrected chi connectivity index (χ1v) is 33.3. The summed E-state index contributed by atoms with van der Waals surface area (Å²) in [5, 5.41) is 2.14. The zero-order valence-corrected chi connectivity index (χ0v) is 58.9. The Balaban J connectivity index is 0.00000798. The van der Waals surface area contributed by atoms with Gasteiger partial charge in [0.2, 0.25) is 0 Å². The molecule has 2 aliphatic carbocycles. The Kier molecular flexibility index (Phi) is 14.0. The van der Waals surface area contributed by atoms with Crippen LogP contribution in [0.5, 0.6) is 11.5 Å². The van der Waals surface area contributed by atoms with Crippen LogP contribution < -0.4 is 14.5 Å². The summed E-state index contributed by atoms with van der Waals surface area (Å²) in [6.07, 6.45) is 1.96. The quantitative estimate of drug-likeness (QED) is 0.142. The van der Waals surface area contributed by atoms with Crippen molar-refractivity contribution in [1.29, 1.82) is 0 Å². The summed E-state index contributed by atoms with van der Waals surface area (Å²) in [5.74, 6) is 1.84. The third-order valence-electron chi connectivity index (χ3n) is 20.0. The summed E-state index contributed by atoms with van der Waals surface area (Å²) in [5.41, 5.74) is 25.2. The Morgan fingerprint density at radius 2 is 1.01 bits per heavy atom. The average Bonchev–Trinajstić information content (AvgIpc) is 1.49. The predicted octanol–water partition coefficient (Wildman–Crippen LogP) is 23.8. The Morgan fingerprint density at radius 3 is 1.64 bits per heavy atom. The minimum absolute atomic E-state index is 0. The van der Waals surface area contributed by atoms with Crippen LogP contribution in [0.1, 0.15) is 137 Å². The Labute approximate surface area is 585 Å². The van der Waals surface area contributed by atoms with E-state index in [0.717, 1.165) is 100 Å². The maximum Gasteiger partial charge on any atom is 0.135 e. The van der Waals surface area contributed by atoms with E-state index >= 15 is 0 Å². The molecule has 0 saturated carbocycles. The van der Waals surface area contributed by atoms with Gasteiger partial charge in [-0.3, -0.25) is 0 Å². The number of nitrogens with zero attached hydrogens (tertiary/aromatic N) is 4. The Morgan fingerprint density at radius 1 is 0.469 bits per heavy atom. The van der Waals surface area contributed by atoms with E-state index in [1.54, 1.807) is 12.1 Å². The van der Waals surface area contributed by atoms with Gasteiger partial charge in [-0.15, -0.1) is 42.2 Å². The number of pyridine rings is 1. The molecule has 6 heteroatoms. The second-order valence-electron chi connectivity index (χ2n) is 30.3. The van der Waals surface area contributed by atoms with E-state index in [-0.39, 0.29) is 42.7 Å². The molecule has 5 nitrogen and oxygen atoms in total. The summed E-state index contributed by atoms with van der Waals surface area (Å²) >= 11 is 0. The monoisotopic (exact) mass is 1430 g/mol. The summed E-state index contributed by atoms with van der Waals surface area (Å²) in [6.45, 7) is 27.6. The van der Waals surface area contributed by atoms with Crippen LogP contribution in [-0.2, 0) is 48.1 Å². The van der Waals surface area contributed by atoms with E-state index in [1.165, 1.54) is 50.1 Å². The van der Waals surface area contributed by atoms with E-state index in [9.17, 15) is 0 Å². The van der Waals surface area contributed by atoms with Gasteiger partial charge in [0.1, 0.15) is 5.82 Å². The SMILES string of the molecule is [2H]C([2H])([2H])c1ccc(-c2cnc(-n3c4[c-]c(Oc5[c-]c(N6[CH-]N(c7c(-c8ccccc8)cc(C(C)(C)C)cc7-c7cc(C(C)(C)C)cc(C(C)(C)C)c7)c7ccccc76)ccc5)c5c(c4c4ccccc43)C3(c4ccccc4-c4ccccc43)c3ccccc3-5)cc2C(C)(C)C)cc1.[Pt]. The number of hydrogen-bond donors (Lipinski definition) is 0. The number of aryl methyl sites for hydroxylation is 1. The molecule has 1 aliphatic heterocycles. The van der Waals surface area contributed by atoms with E-state index in [0.29, 0.717) is 17.1 Å². The number of rotatable bonds is 8. The zero-order chi connectivity index (χ0) is 68.2. The molecule has 0 unspecified atom stereocenters. The minimum Gasteiger partial charge on any atom is -0.509 e. The number of fused-ring (bicyclic) bond motifs is 15. The molecular weight excluding hydrogens is 1350 g/mol. The molecule has 0 N–H and O–H groups in total. The fraction of sp³-hybridized carbons (Fsp3) is 0.200. The van der Waals surface area contributed by atoms with E-state index < -0.39 is 12.3 Å². The number of aromatic nitrogens is 2. The summed E-state index contributed by atoms with van der Waals surface area (Å²) in [6, 6.07) is 90.9. The molecule has 16 rings (SSSR count). The van der Waals surface area contributed by atoms with Gasteiger partial charge in [-0.1, -0.05) is 287 Å². The van der Waals surface area contributed by atoms with Gasteiger partial charge in [0.15, 0.2) is 0 Å². The van der Waals surface area contributed by atoms with E-state index in [4.69, 9.17) is 13.8 Å². The smallest absolute Gasteiger partial charge is 0.135 e. The third kappa shape index (κ3) is 10.0. The molecule has 0 saturated heterocycles. The van der Waals surface area contributed by atoms with Crippen molar-refractivity contribution in [2.75, 3.05) is 9.80 Å². The van der Waals surface area contributed by atoms with Crippen molar-refractivity contribution >= 4 is 44.6 Å². The van der Waals surface area contributed by atoms with Crippen molar-refractivity contribution < 1.29 is 29.9 Å². The van der Waals surface area contributed by atoms with Crippen molar-refractivity contribution in [1.82, 2.24) is 9.55 Å². The second kappa shape index (κ2) is 22.8. The van der Waals surface area contributed by atoms with Crippen LogP contribution in [-0.4, -0.2) is 9.55 Å². The van der Waals surface area contributed by atoms with Gasteiger partial charge >= 0.3 is 0 Å². The Bertz CT molecular complexity index is 5310. The van der Waals surface area contributed by atoms with Gasteiger partial charge in [0, 0.05) is 82.1 Å². The van der Waals surface area contributed by atoms with E-state index in [1.807, 2.05) is 24.4 Å². The molecule has 0 radical (unpaired) electrons. The van der Waals surface area contributed by atoms with Crippen molar-refractivity contribution in [2.24, 2.45) is 0 Å². The third-order valence-corrected chi connectivity index (χ3v) is 20.0. The van der Waals surface area contributed by atoms with Gasteiger partial charge in [-0.2, -0.15) is 6.07 Å². The minimum atomic E-state index is -2.22. The van der Waals surface area contributed by atoms with Gasteiger partial charge < -0.3 is 19.1 Å². The second-order valence-corrected chi connectivity index (χ2v) is 30.3. The fourth-order valence-corrected chi connectivity index (χ4v) is 15.3. The topological polar surface area (TPSA) is 33.5 Å². The molecule has 1 spiro atoms. The molecule has 478 valence electrons.